The molecule has 0 aliphatic heterocycles. The van der Waals surface area contributed by atoms with Crippen LogP contribution in [0.4, 0.5) is 0 Å². The second kappa shape index (κ2) is 5.96. The summed E-state index contributed by atoms with van der Waals surface area (Å²) in [6, 6.07) is 0.485. The summed E-state index contributed by atoms with van der Waals surface area (Å²) in [5.74, 6) is -0.386. The third-order valence-corrected chi connectivity index (χ3v) is 5.18. The molecule has 1 atom stereocenters. The van der Waals surface area contributed by atoms with E-state index in [9.17, 15) is 13.2 Å². The molecule has 2 heterocycles. The number of aryl methyl sites for hydroxylation is 2. The van der Waals surface area contributed by atoms with Gasteiger partial charge in [0.25, 0.3) is 0 Å². The molecule has 7 nitrogen and oxygen atoms in total. The van der Waals surface area contributed by atoms with Crippen LogP contribution >= 0.6 is 11.3 Å². The zero-order valence-electron chi connectivity index (χ0n) is 11.4. The molecule has 114 valence electrons. The van der Waals surface area contributed by atoms with Crippen LogP contribution in [-0.4, -0.2) is 24.5 Å². The molecule has 1 unspecified atom stereocenters. The van der Waals surface area contributed by atoms with Gasteiger partial charge in [-0.05, 0) is 19.9 Å². The van der Waals surface area contributed by atoms with Gasteiger partial charge in [-0.1, -0.05) is 0 Å². The number of nitrogens with zero attached hydrogens (tertiary/aromatic N) is 1. The number of carboxylic acid groups (broad SMARTS) is 1. The van der Waals surface area contributed by atoms with E-state index in [0.717, 1.165) is 0 Å². The van der Waals surface area contributed by atoms with Crippen LogP contribution in [0.5, 0.6) is 0 Å². The third-order valence-electron chi connectivity index (χ3n) is 2.71. The van der Waals surface area contributed by atoms with Gasteiger partial charge in [-0.15, -0.1) is 11.3 Å². The minimum atomic E-state index is -3.88. The average molecular weight is 330 g/mol. The molecule has 9 heteroatoms. The maximum absolute atomic E-state index is 12.4. The Hall–Kier alpha value is -1.71. The van der Waals surface area contributed by atoms with Crippen molar-refractivity contribution in [2.24, 2.45) is 0 Å². The van der Waals surface area contributed by atoms with Gasteiger partial charge in [0.2, 0.25) is 10.0 Å². The van der Waals surface area contributed by atoms with Gasteiger partial charge in [-0.3, -0.25) is 4.79 Å². The number of furan rings is 1. The number of carboxylic acids is 1. The topological polar surface area (TPSA) is 110 Å². The Balaban J connectivity index is 2.31. The molecule has 0 aliphatic rings. The number of hydrogen-bond acceptors (Lipinski definition) is 6. The van der Waals surface area contributed by atoms with Gasteiger partial charge in [0.1, 0.15) is 21.4 Å². The van der Waals surface area contributed by atoms with Crippen molar-refractivity contribution in [1.29, 1.82) is 0 Å². The minimum absolute atomic E-state index is 0.00643. The monoisotopic (exact) mass is 330 g/mol. The zero-order chi connectivity index (χ0) is 15.6. The van der Waals surface area contributed by atoms with E-state index >= 15 is 0 Å². The first-order chi connectivity index (χ1) is 9.79. The summed E-state index contributed by atoms with van der Waals surface area (Å²) in [7, 11) is -3.88. The highest BCUT2D eigenvalue weighted by Gasteiger charge is 2.27. The van der Waals surface area contributed by atoms with Crippen LogP contribution in [0.25, 0.3) is 0 Å². The molecule has 0 saturated carbocycles. The fourth-order valence-corrected chi connectivity index (χ4v) is 4.09. The fourth-order valence-electron chi connectivity index (χ4n) is 1.89. The predicted molar refractivity (Wildman–Crippen MR) is 75.6 cm³/mol. The maximum Gasteiger partial charge on any atom is 0.305 e. The number of aliphatic carboxylic acids is 1. The van der Waals surface area contributed by atoms with E-state index in [1.165, 1.54) is 30.5 Å². The van der Waals surface area contributed by atoms with E-state index in [0.29, 0.717) is 10.8 Å². The van der Waals surface area contributed by atoms with Crippen LogP contribution in [-0.2, 0) is 14.8 Å². The summed E-state index contributed by atoms with van der Waals surface area (Å²) in [6.07, 6.45) is 1.11. The number of sulfonamides is 1. The summed E-state index contributed by atoms with van der Waals surface area (Å²) < 4.78 is 32.3. The van der Waals surface area contributed by atoms with Gasteiger partial charge in [-0.2, -0.15) is 0 Å². The highest BCUT2D eigenvalue weighted by atomic mass is 32.2. The van der Waals surface area contributed by atoms with Gasteiger partial charge >= 0.3 is 5.97 Å². The highest BCUT2D eigenvalue weighted by molar-refractivity contribution is 7.89. The van der Waals surface area contributed by atoms with Crippen molar-refractivity contribution in [3.63, 3.8) is 0 Å². The Kier molecular flexibility index (Phi) is 4.45. The first-order valence-corrected chi connectivity index (χ1v) is 8.36. The molecule has 0 spiro atoms. The van der Waals surface area contributed by atoms with Crippen molar-refractivity contribution in [2.45, 2.75) is 31.2 Å². The van der Waals surface area contributed by atoms with Crippen molar-refractivity contribution >= 4 is 27.3 Å². The molecule has 0 fully saturated rings. The molecule has 21 heavy (non-hydrogen) atoms. The largest absolute Gasteiger partial charge is 0.481 e. The van der Waals surface area contributed by atoms with E-state index in [2.05, 4.69) is 9.71 Å². The zero-order valence-corrected chi connectivity index (χ0v) is 13.0. The lowest BCUT2D eigenvalue weighted by Gasteiger charge is -2.14. The highest BCUT2D eigenvalue weighted by Crippen LogP contribution is 2.25. The van der Waals surface area contributed by atoms with E-state index in [4.69, 9.17) is 9.52 Å². The third kappa shape index (κ3) is 3.69. The van der Waals surface area contributed by atoms with Gasteiger partial charge in [0, 0.05) is 11.6 Å². The van der Waals surface area contributed by atoms with Gasteiger partial charge in [0.15, 0.2) is 0 Å². The first kappa shape index (κ1) is 15.7. The van der Waals surface area contributed by atoms with E-state index in [-0.39, 0.29) is 17.1 Å². The molecule has 0 amide bonds. The SMILES string of the molecule is Cc1cc(S(=O)(=O)NC(CC(=O)O)c2nccs2)c(C)o1. The number of thiazole rings is 1. The summed E-state index contributed by atoms with van der Waals surface area (Å²) in [6.45, 7) is 3.18. The summed E-state index contributed by atoms with van der Waals surface area (Å²) in [5, 5.41) is 11.0. The average Bonchev–Trinajstić information content (AvgIpc) is 2.97. The van der Waals surface area contributed by atoms with Crippen molar-refractivity contribution in [3.8, 4) is 0 Å². The second-order valence-electron chi connectivity index (χ2n) is 4.42. The number of carbonyl (C=O) groups is 1. The van der Waals surface area contributed by atoms with Crippen LogP contribution in [0.2, 0.25) is 0 Å². The molecule has 2 N–H and O–H groups in total. The van der Waals surface area contributed by atoms with Gasteiger partial charge < -0.3 is 9.52 Å². The van der Waals surface area contributed by atoms with Gasteiger partial charge in [0.05, 0.1) is 12.5 Å². The number of hydrogen-bond donors (Lipinski definition) is 2. The number of aromatic nitrogens is 1. The van der Waals surface area contributed by atoms with E-state index in [1.54, 1.807) is 12.3 Å². The first-order valence-electron chi connectivity index (χ1n) is 6.00. The molecule has 2 aromatic rings. The minimum Gasteiger partial charge on any atom is -0.481 e. The lowest BCUT2D eigenvalue weighted by molar-refractivity contribution is -0.137. The molecule has 0 aromatic carbocycles. The van der Waals surface area contributed by atoms with Crippen LogP contribution in [0.1, 0.15) is 29.0 Å². The van der Waals surface area contributed by atoms with E-state index < -0.39 is 22.0 Å². The summed E-state index contributed by atoms with van der Waals surface area (Å²) >= 11 is 1.19. The van der Waals surface area contributed by atoms with Crippen molar-refractivity contribution < 1.29 is 22.7 Å². The van der Waals surface area contributed by atoms with Crippen LogP contribution in [0.15, 0.2) is 27.0 Å². The van der Waals surface area contributed by atoms with Crippen LogP contribution in [0.3, 0.4) is 0 Å². The quantitative estimate of drug-likeness (QED) is 0.836. The molecule has 0 radical (unpaired) electrons. The van der Waals surface area contributed by atoms with Gasteiger partial charge in [-0.25, -0.2) is 18.1 Å². The molecular formula is C12H14N2O5S2. The van der Waals surface area contributed by atoms with Crippen molar-refractivity contribution in [1.82, 2.24) is 9.71 Å². The molecule has 2 rings (SSSR count). The Morgan fingerprint density at radius 3 is 2.71 bits per heavy atom. The van der Waals surface area contributed by atoms with E-state index in [1.807, 2.05) is 0 Å². The van der Waals surface area contributed by atoms with Crippen LogP contribution in [0, 0.1) is 13.8 Å². The standard InChI is InChI=1S/C12H14N2O5S2/c1-7-5-10(8(2)19-7)21(17,18)14-9(6-11(15)16)12-13-3-4-20-12/h3-5,9,14H,6H2,1-2H3,(H,15,16). The molecular weight excluding hydrogens is 316 g/mol. The molecule has 0 bridgehead atoms. The molecule has 2 aromatic heterocycles. The summed E-state index contributed by atoms with van der Waals surface area (Å²) in [4.78, 5) is 14.9. The predicted octanol–water partition coefficient (Wildman–Crippen LogP) is 1.85. The second-order valence-corrected chi connectivity index (χ2v) is 7.03. The lowest BCUT2D eigenvalue weighted by atomic mass is 10.2. The van der Waals surface area contributed by atoms with Crippen molar-refractivity contribution in [2.75, 3.05) is 0 Å². The smallest absolute Gasteiger partial charge is 0.305 e. The number of nitrogens with one attached hydrogen (secondary N) is 1. The Bertz CT molecular complexity index is 734. The Morgan fingerprint density at radius 2 is 2.24 bits per heavy atom. The Labute approximate surface area is 125 Å². The Morgan fingerprint density at radius 1 is 1.52 bits per heavy atom. The fraction of sp³-hybridized carbons (Fsp3) is 0.333. The van der Waals surface area contributed by atoms with Crippen molar-refractivity contribution in [3.05, 3.63) is 34.2 Å². The molecule has 0 saturated heterocycles. The number of rotatable bonds is 6. The lowest BCUT2D eigenvalue weighted by Crippen LogP contribution is -2.30. The maximum atomic E-state index is 12.4. The molecule has 0 aliphatic carbocycles. The van der Waals surface area contributed by atoms with Crippen LogP contribution < -0.4 is 4.72 Å². The summed E-state index contributed by atoms with van der Waals surface area (Å²) in [5.41, 5.74) is 0. The normalized spacial score (nSPS) is 13.2.